The second-order valence-electron chi connectivity index (χ2n) is 7.28. The number of piperazine rings is 1. The molecular formula is C22H26F2N4O2. The van der Waals surface area contributed by atoms with E-state index in [2.05, 4.69) is 10.6 Å². The molecule has 0 spiro atoms. The monoisotopic (exact) mass is 416 g/mol. The molecule has 1 fully saturated rings. The van der Waals surface area contributed by atoms with Gasteiger partial charge in [-0.3, -0.25) is 19.4 Å². The van der Waals surface area contributed by atoms with Gasteiger partial charge in [0.15, 0.2) is 0 Å². The van der Waals surface area contributed by atoms with Gasteiger partial charge in [0.2, 0.25) is 11.8 Å². The summed E-state index contributed by atoms with van der Waals surface area (Å²) in [7, 11) is 0. The SMILES string of the molecule is CCc1ccccc1NC(=O)CN1CCN(CC(=O)Nc2ccc(F)cc2F)CC1. The Balaban J connectivity index is 1.42. The van der Waals surface area contributed by atoms with Crippen LogP contribution in [-0.2, 0) is 16.0 Å². The van der Waals surface area contributed by atoms with Crippen LogP contribution in [-0.4, -0.2) is 60.9 Å². The van der Waals surface area contributed by atoms with Gasteiger partial charge in [0.25, 0.3) is 0 Å². The third kappa shape index (κ3) is 6.08. The van der Waals surface area contributed by atoms with Crippen LogP contribution in [0.2, 0.25) is 0 Å². The molecule has 0 aliphatic carbocycles. The Bertz CT molecular complexity index is 898. The van der Waals surface area contributed by atoms with Gasteiger partial charge in [-0.2, -0.15) is 0 Å². The second kappa shape index (κ2) is 10.3. The minimum atomic E-state index is -0.802. The number of nitrogens with zero attached hydrogens (tertiary/aromatic N) is 2. The molecule has 8 heteroatoms. The van der Waals surface area contributed by atoms with Gasteiger partial charge in [-0.05, 0) is 30.2 Å². The minimum Gasteiger partial charge on any atom is -0.325 e. The standard InChI is InChI=1S/C22H26F2N4O2/c1-2-16-5-3-4-6-19(16)25-21(29)14-27-9-11-28(12-10-27)15-22(30)26-20-8-7-17(23)13-18(20)24/h3-8,13H,2,9-12,14-15H2,1H3,(H,25,29)(H,26,30). The van der Waals surface area contributed by atoms with Crippen molar-refractivity contribution >= 4 is 23.2 Å². The molecular weight excluding hydrogens is 390 g/mol. The summed E-state index contributed by atoms with van der Waals surface area (Å²) < 4.78 is 26.6. The van der Waals surface area contributed by atoms with Crippen molar-refractivity contribution in [1.82, 2.24) is 9.80 Å². The lowest BCUT2D eigenvalue weighted by Crippen LogP contribution is -2.50. The highest BCUT2D eigenvalue weighted by molar-refractivity contribution is 5.93. The van der Waals surface area contributed by atoms with Gasteiger partial charge in [0, 0.05) is 37.9 Å². The molecule has 0 saturated carbocycles. The fourth-order valence-electron chi connectivity index (χ4n) is 3.43. The average molecular weight is 416 g/mol. The second-order valence-corrected chi connectivity index (χ2v) is 7.28. The lowest BCUT2D eigenvalue weighted by atomic mass is 10.1. The molecule has 0 radical (unpaired) electrons. The number of carbonyl (C=O) groups excluding carboxylic acids is 2. The lowest BCUT2D eigenvalue weighted by molar-refractivity contribution is -0.120. The summed E-state index contributed by atoms with van der Waals surface area (Å²) >= 11 is 0. The molecule has 0 bridgehead atoms. The number of para-hydroxylation sites is 1. The number of rotatable bonds is 7. The van der Waals surface area contributed by atoms with Crippen molar-refractivity contribution in [2.45, 2.75) is 13.3 Å². The van der Waals surface area contributed by atoms with Crippen LogP contribution in [0.15, 0.2) is 42.5 Å². The predicted octanol–water partition coefficient (Wildman–Crippen LogP) is 2.72. The average Bonchev–Trinajstić information content (AvgIpc) is 2.72. The van der Waals surface area contributed by atoms with Crippen molar-refractivity contribution in [2.75, 3.05) is 49.9 Å². The molecule has 30 heavy (non-hydrogen) atoms. The molecule has 2 N–H and O–H groups in total. The summed E-state index contributed by atoms with van der Waals surface area (Å²) in [6.45, 7) is 5.00. The number of nitrogens with one attached hydrogen (secondary N) is 2. The molecule has 160 valence electrons. The zero-order valence-electron chi connectivity index (χ0n) is 17.0. The maximum Gasteiger partial charge on any atom is 0.238 e. The number of aryl methyl sites for hydroxylation is 1. The predicted molar refractivity (Wildman–Crippen MR) is 112 cm³/mol. The number of amides is 2. The summed E-state index contributed by atoms with van der Waals surface area (Å²) in [6, 6.07) is 10.8. The first kappa shape index (κ1) is 21.9. The first-order valence-corrected chi connectivity index (χ1v) is 10.0. The van der Waals surface area contributed by atoms with Gasteiger partial charge >= 0.3 is 0 Å². The van der Waals surface area contributed by atoms with Crippen molar-refractivity contribution in [3.05, 3.63) is 59.7 Å². The molecule has 1 saturated heterocycles. The van der Waals surface area contributed by atoms with E-state index >= 15 is 0 Å². The van der Waals surface area contributed by atoms with Crippen LogP contribution in [0.25, 0.3) is 0 Å². The Labute approximate surface area is 174 Å². The van der Waals surface area contributed by atoms with E-state index in [0.717, 1.165) is 29.8 Å². The first-order valence-electron chi connectivity index (χ1n) is 10.0. The molecule has 2 aromatic rings. The first-order chi connectivity index (χ1) is 14.4. The number of carbonyl (C=O) groups is 2. The van der Waals surface area contributed by atoms with Crippen molar-refractivity contribution in [3.63, 3.8) is 0 Å². The third-order valence-electron chi connectivity index (χ3n) is 5.08. The van der Waals surface area contributed by atoms with Crippen molar-refractivity contribution in [2.24, 2.45) is 0 Å². The lowest BCUT2D eigenvalue weighted by Gasteiger charge is -2.33. The summed E-state index contributed by atoms with van der Waals surface area (Å²) in [4.78, 5) is 28.5. The largest absolute Gasteiger partial charge is 0.325 e. The van der Waals surface area contributed by atoms with Crippen LogP contribution < -0.4 is 10.6 Å². The van der Waals surface area contributed by atoms with Crippen LogP contribution in [0.3, 0.4) is 0 Å². The highest BCUT2D eigenvalue weighted by Crippen LogP contribution is 2.16. The summed E-state index contributed by atoms with van der Waals surface area (Å²) in [5, 5.41) is 5.43. The Morgan fingerprint density at radius 1 is 0.867 bits per heavy atom. The van der Waals surface area contributed by atoms with Crippen LogP contribution in [0.1, 0.15) is 12.5 Å². The number of hydrogen-bond acceptors (Lipinski definition) is 4. The normalized spacial score (nSPS) is 15.0. The Morgan fingerprint density at radius 3 is 2.00 bits per heavy atom. The van der Waals surface area contributed by atoms with E-state index in [1.54, 1.807) is 0 Å². The fraction of sp³-hybridized carbons (Fsp3) is 0.364. The van der Waals surface area contributed by atoms with Gasteiger partial charge in [-0.1, -0.05) is 25.1 Å². The molecule has 0 unspecified atom stereocenters. The molecule has 2 amide bonds. The van der Waals surface area contributed by atoms with E-state index in [1.165, 1.54) is 6.07 Å². The third-order valence-corrected chi connectivity index (χ3v) is 5.08. The van der Waals surface area contributed by atoms with Crippen LogP contribution in [0.5, 0.6) is 0 Å². The molecule has 0 aromatic heterocycles. The van der Waals surface area contributed by atoms with Gasteiger partial charge in [0.1, 0.15) is 11.6 Å². The molecule has 0 atom stereocenters. The Kier molecular flexibility index (Phi) is 7.48. The van der Waals surface area contributed by atoms with Gasteiger partial charge in [-0.15, -0.1) is 0 Å². The number of halogens is 2. The smallest absolute Gasteiger partial charge is 0.238 e. The Morgan fingerprint density at radius 2 is 1.43 bits per heavy atom. The molecule has 1 aliphatic heterocycles. The van der Waals surface area contributed by atoms with E-state index in [9.17, 15) is 18.4 Å². The van der Waals surface area contributed by atoms with E-state index in [1.807, 2.05) is 41.0 Å². The highest BCUT2D eigenvalue weighted by Gasteiger charge is 2.21. The van der Waals surface area contributed by atoms with E-state index in [-0.39, 0.29) is 24.0 Å². The zero-order chi connectivity index (χ0) is 21.5. The molecule has 1 heterocycles. The summed E-state index contributed by atoms with van der Waals surface area (Å²) in [6.07, 6.45) is 0.846. The molecule has 1 aliphatic rings. The summed E-state index contributed by atoms with van der Waals surface area (Å²) in [5.74, 6) is -1.91. The quantitative estimate of drug-likeness (QED) is 0.729. The van der Waals surface area contributed by atoms with Crippen molar-refractivity contribution in [1.29, 1.82) is 0 Å². The topological polar surface area (TPSA) is 64.7 Å². The summed E-state index contributed by atoms with van der Waals surface area (Å²) in [5.41, 5.74) is 1.90. The zero-order valence-corrected chi connectivity index (χ0v) is 17.0. The van der Waals surface area contributed by atoms with E-state index < -0.39 is 11.6 Å². The van der Waals surface area contributed by atoms with Crippen molar-refractivity contribution in [3.8, 4) is 0 Å². The molecule has 6 nitrogen and oxygen atoms in total. The van der Waals surface area contributed by atoms with E-state index in [4.69, 9.17) is 0 Å². The molecule has 2 aromatic carbocycles. The number of benzene rings is 2. The number of hydrogen-bond donors (Lipinski definition) is 2. The maximum absolute atomic E-state index is 13.7. The number of anilines is 2. The van der Waals surface area contributed by atoms with Crippen LogP contribution in [0.4, 0.5) is 20.2 Å². The van der Waals surface area contributed by atoms with Crippen LogP contribution in [0, 0.1) is 11.6 Å². The highest BCUT2D eigenvalue weighted by atomic mass is 19.1. The van der Waals surface area contributed by atoms with Crippen molar-refractivity contribution < 1.29 is 18.4 Å². The Hall–Kier alpha value is -2.84. The van der Waals surface area contributed by atoms with Gasteiger partial charge < -0.3 is 10.6 Å². The van der Waals surface area contributed by atoms with E-state index in [0.29, 0.717) is 32.7 Å². The van der Waals surface area contributed by atoms with Crippen LogP contribution >= 0.6 is 0 Å². The maximum atomic E-state index is 13.7. The minimum absolute atomic E-state index is 0.0379. The molecule has 3 rings (SSSR count). The van der Waals surface area contributed by atoms with Gasteiger partial charge in [-0.25, -0.2) is 8.78 Å². The van der Waals surface area contributed by atoms with Gasteiger partial charge in [0.05, 0.1) is 18.8 Å². The fourth-order valence-corrected chi connectivity index (χ4v) is 3.43.